The van der Waals surface area contributed by atoms with E-state index in [9.17, 15) is 0 Å². The minimum absolute atomic E-state index is 0.522. The molecule has 0 N–H and O–H groups in total. The molecule has 10 aromatic rings. The van der Waals surface area contributed by atoms with Gasteiger partial charge < -0.3 is 0 Å². The Hall–Kier alpha value is -11.7. The highest BCUT2D eigenvalue weighted by Gasteiger charge is 2.25. The van der Waals surface area contributed by atoms with Gasteiger partial charge in [0.25, 0.3) is 0 Å². The Morgan fingerprint density at radius 2 is 0.605 bits per heavy atom. The second kappa shape index (κ2) is 20.2. The minimum atomic E-state index is 0.522. The van der Waals surface area contributed by atoms with Crippen molar-refractivity contribution in [3.63, 3.8) is 0 Å². The lowest BCUT2D eigenvalue weighted by atomic mass is 9.80. The van der Waals surface area contributed by atoms with Gasteiger partial charge in [-0.2, -0.15) is 0 Å². The second-order valence-electron chi connectivity index (χ2n) is 17.7. The fourth-order valence-corrected chi connectivity index (χ4v) is 10.6. The summed E-state index contributed by atoms with van der Waals surface area (Å²) in [4.78, 5) is 0. The molecule has 0 spiro atoms. The molecule has 0 nitrogen and oxygen atoms in total. The number of fused-ring (bicyclic) bond motifs is 2. The van der Waals surface area contributed by atoms with Crippen molar-refractivity contribution in [2.24, 2.45) is 0 Å². The van der Waals surface area contributed by atoms with Crippen molar-refractivity contribution >= 4 is 21.5 Å². The molecule has 0 bridgehead atoms. The third-order valence-corrected chi connectivity index (χ3v) is 13.9. The van der Waals surface area contributed by atoms with Gasteiger partial charge in [-0.3, -0.25) is 0 Å². The van der Waals surface area contributed by atoms with E-state index in [-0.39, 0.29) is 0 Å². The first-order valence-corrected chi connectivity index (χ1v) is 23.9. The average Bonchev–Trinajstić information content (AvgIpc) is 3.51. The lowest BCUT2D eigenvalue weighted by Gasteiger charge is -2.22. The Balaban J connectivity index is 1.23. The monoisotopic (exact) mass is 950 g/mol. The molecule has 76 heavy (non-hydrogen) atoms. The van der Waals surface area contributed by atoms with Crippen LogP contribution in [0.3, 0.4) is 0 Å². The number of hydrogen-bond donors (Lipinski definition) is 0. The quantitative estimate of drug-likeness (QED) is 0.110. The summed E-state index contributed by atoms with van der Waals surface area (Å²) in [5, 5.41) is 4.01. The summed E-state index contributed by atoms with van der Waals surface area (Å²) in [5.74, 6) is 28.6. The molecule has 0 aliphatic rings. The van der Waals surface area contributed by atoms with Crippen LogP contribution < -0.4 is 0 Å². The van der Waals surface area contributed by atoms with Gasteiger partial charge >= 0.3 is 0 Å². The van der Waals surface area contributed by atoms with Crippen LogP contribution in [0.2, 0.25) is 0 Å². The Morgan fingerprint density at radius 3 is 1.09 bits per heavy atom. The van der Waals surface area contributed by atoms with Crippen molar-refractivity contribution in [1.29, 1.82) is 0 Å². The molecule has 0 radical (unpaired) electrons. The first kappa shape index (κ1) is 48.0. The molecule has 0 amide bonds. The van der Waals surface area contributed by atoms with Crippen molar-refractivity contribution in [2.75, 3.05) is 0 Å². The summed E-state index contributed by atoms with van der Waals surface area (Å²) in [7, 11) is 0. The molecule has 0 atom stereocenters. The molecule has 0 aliphatic carbocycles. The van der Waals surface area contributed by atoms with E-state index < -0.39 is 0 Å². The predicted octanol–water partition coefficient (Wildman–Crippen LogP) is 15.5. The molecule has 0 aromatic heterocycles. The van der Waals surface area contributed by atoms with E-state index in [1.807, 2.05) is 115 Å². The van der Waals surface area contributed by atoms with Crippen LogP contribution in [0.4, 0.5) is 0 Å². The topological polar surface area (TPSA) is 0 Å². The maximum Gasteiger partial charge on any atom is 0.0484 e. The largest absolute Gasteiger partial charge is 0.115 e. The first-order valence-electron chi connectivity index (χ1n) is 23.9. The fourth-order valence-electron chi connectivity index (χ4n) is 10.6. The van der Waals surface area contributed by atoms with E-state index in [1.165, 1.54) is 0 Å². The number of benzene rings is 10. The normalized spacial score (nSPS) is 10.2. The van der Waals surface area contributed by atoms with Crippen molar-refractivity contribution in [2.45, 2.75) is 0 Å². The van der Waals surface area contributed by atoms with Crippen molar-refractivity contribution < 1.29 is 0 Å². The van der Waals surface area contributed by atoms with Crippen molar-refractivity contribution in [3.05, 3.63) is 225 Å². The molecule has 0 heteroatoms. The molecule has 0 saturated heterocycles. The first-order chi connectivity index (χ1) is 37.3. The zero-order valence-electron chi connectivity index (χ0n) is 40.9. The number of terminal acetylenes is 10. The lowest BCUT2D eigenvalue weighted by molar-refractivity contribution is 1.49. The van der Waals surface area contributed by atoms with Gasteiger partial charge in [0.1, 0.15) is 0 Å². The fraction of sp³-hybridized carbons (Fsp3) is 0. The van der Waals surface area contributed by atoms with Crippen LogP contribution in [0.1, 0.15) is 55.6 Å². The highest BCUT2D eigenvalue weighted by atomic mass is 14.3. The van der Waals surface area contributed by atoms with Gasteiger partial charge in [0.05, 0.1) is 0 Å². The molecule has 10 aromatic carbocycles. The van der Waals surface area contributed by atoms with Gasteiger partial charge in [-0.15, -0.1) is 64.2 Å². The van der Waals surface area contributed by atoms with Gasteiger partial charge in [0.2, 0.25) is 0 Å². The van der Waals surface area contributed by atoms with Crippen LogP contribution in [0.15, 0.2) is 170 Å². The second-order valence-corrected chi connectivity index (χ2v) is 17.7. The van der Waals surface area contributed by atoms with Crippen LogP contribution >= 0.6 is 0 Å². The molecular formula is C76H38. The van der Waals surface area contributed by atoms with Crippen molar-refractivity contribution in [3.8, 4) is 201 Å². The number of hydrogen-bond acceptors (Lipinski definition) is 0. The minimum Gasteiger partial charge on any atom is -0.115 e. The summed E-state index contributed by atoms with van der Waals surface area (Å²) in [6, 6.07) is 55.9. The van der Waals surface area contributed by atoms with Gasteiger partial charge in [-0.25, -0.2) is 0 Å². The van der Waals surface area contributed by atoms with Gasteiger partial charge in [-0.1, -0.05) is 181 Å². The standard InChI is InChI=1S/C76H38/c1-11-49-41-42-56(45-53(49)15-5)74-67-34-21-23-36-69(67)75(70-37-24-22-35-68(70)74)71-44-43-63(61(19-9)62(71)20-10)55-33-25-32-54(46-55)57-47-72(64-38-26-29-50(12-2)58(64)16-6)76(66-40-28-31-52(14-4)60(66)18-8)73(48-57)65-39-27-30-51(13-3)59(65)17-7/h1-10,21-48H. The Bertz CT molecular complexity index is 4470. The maximum atomic E-state index is 6.58. The summed E-state index contributed by atoms with van der Waals surface area (Å²) >= 11 is 0. The molecule has 0 saturated carbocycles. The molecule has 0 heterocycles. The SMILES string of the molecule is C#Cc1ccc(-c2c3ccccc3c(-c3ccc(-c4cccc(-c5cc(-c6cccc(C#C)c6C#C)c(-c6cccc(C#C)c6C#C)c(-c6cccc(C#C)c6C#C)c5)c4)c(C#C)c3C#C)c3ccccc23)cc1C#C. The van der Waals surface area contributed by atoms with E-state index >= 15 is 0 Å². The average molecular weight is 951 g/mol. The third kappa shape index (κ3) is 7.89. The lowest BCUT2D eigenvalue weighted by Crippen LogP contribution is -2.00. The van der Waals surface area contributed by atoms with E-state index in [0.717, 1.165) is 82.7 Å². The van der Waals surface area contributed by atoms with Crippen LogP contribution in [0.5, 0.6) is 0 Å². The van der Waals surface area contributed by atoms with Crippen molar-refractivity contribution in [1.82, 2.24) is 0 Å². The zero-order chi connectivity index (χ0) is 53.0. The summed E-state index contributed by atoms with van der Waals surface area (Å²) in [6.45, 7) is 0. The van der Waals surface area contributed by atoms with Crippen LogP contribution in [-0.2, 0) is 0 Å². The summed E-state index contributed by atoms with van der Waals surface area (Å²) in [5.41, 5.74) is 17.0. The molecular weight excluding hydrogens is 913 g/mol. The van der Waals surface area contributed by atoms with E-state index in [4.69, 9.17) is 64.2 Å². The predicted molar refractivity (Wildman–Crippen MR) is 319 cm³/mol. The molecule has 10 rings (SSSR count). The molecule has 342 valence electrons. The van der Waals surface area contributed by atoms with Gasteiger partial charge in [0, 0.05) is 55.6 Å². The van der Waals surface area contributed by atoms with Gasteiger partial charge in [-0.05, 0) is 148 Å². The smallest absolute Gasteiger partial charge is 0.0484 e. The van der Waals surface area contributed by atoms with Crippen LogP contribution in [0.25, 0.3) is 99.4 Å². The van der Waals surface area contributed by atoms with Crippen LogP contribution in [0, 0.1) is 123 Å². The number of rotatable bonds is 7. The zero-order valence-corrected chi connectivity index (χ0v) is 40.9. The highest BCUT2D eigenvalue weighted by Crippen LogP contribution is 2.49. The third-order valence-electron chi connectivity index (χ3n) is 13.9. The molecule has 0 fully saturated rings. The molecule has 0 aliphatic heterocycles. The summed E-state index contributed by atoms with van der Waals surface area (Å²) < 4.78 is 0. The Labute approximate surface area is 445 Å². The Kier molecular flexibility index (Phi) is 12.8. The highest BCUT2D eigenvalue weighted by molar-refractivity contribution is 6.22. The van der Waals surface area contributed by atoms with E-state index in [0.29, 0.717) is 72.3 Å². The van der Waals surface area contributed by atoms with E-state index in [1.54, 1.807) is 0 Å². The summed E-state index contributed by atoms with van der Waals surface area (Å²) in [6.07, 6.45) is 62.2. The molecule has 0 unspecified atom stereocenters. The van der Waals surface area contributed by atoms with E-state index in [2.05, 4.69) is 114 Å². The van der Waals surface area contributed by atoms with Crippen LogP contribution in [-0.4, -0.2) is 0 Å². The van der Waals surface area contributed by atoms with Gasteiger partial charge in [0.15, 0.2) is 0 Å². The Morgan fingerprint density at radius 1 is 0.197 bits per heavy atom. The maximum absolute atomic E-state index is 6.58.